The van der Waals surface area contributed by atoms with Gasteiger partial charge in [-0.05, 0) is 36.8 Å². The number of nitrogens with zero attached hydrogens (tertiary/aromatic N) is 1. The van der Waals surface area contributed by atoms with Crippen molar-refractivity contribution in [3.8, 4) is 0 Å². The molecule has 1 aliphatic rings. The van der Waals surface area contributed by atoms with Crippen molar-refractivity contribution in [3.05, 3.63) is 23.5 Å². The fourth-order valence-electron chi connectivity index (χ4n) is 3.50. The zero-order valence-corrected chi connectivity index (χ0v) is 18.2. The Morgan fingerprint density at radius 2 is 1.80 bits per heavy atom. The number of aromatic nitrogens is 1. The molecule has 0 unspecified atom stereocenters. The monoisotopic (exact) mass is 420 g/mol. The molecule has 0 atom stereocenters. The molecule has 0 spiro atoms. The number of carbonyl (C=O) groups excluding carboxylic acids is 4. The molecule has 1 heterocycles. The number of carbonyl (C=O) groups is 4. The maximum atomic E-state index is 12.8. The normalized spacial score (nSPS) is 18.7. The molecule has 1 saturated carbocycles. The number of ketones is 1. The minimum absolute atomic E-state index is 0.0105. The molecule has 0 bridgehead atoms. The summed E-state index contributed by atoms with van der Waals surface area (Å²) in [5, 5.41) is 2.42. The number of hydrogen-bond donors (Lipinski definition) is 1. The average molecular weight is 421 g/mol. The summed E-state index contributed by atoms with van der Waals surface area (Å²) in [6.07, 6.45) is 2.88. The summed E-state index contributed by atoms with van der Waals surface area (Å²) < 4.78 is 11.0. The van der Waals surface area contributed by atoms with Gasteiger partial charge < -0.3 is 19.4 Å². The number of amides is 1. The SMILES string of the molecule is CC(C)COC(=O)OC(=O)CNC(=O)Cc1ccc(C(=O)C2CCC(C)CC2)n1C. The lowest BCUT2D eigenvalue weighted by Crippen LogP contribution is -2.33. The molecule has 8 heteroatoms. The zero-order valence-electron chi connectivity index (χ0n) is 18.2. The number of ether oxygens (including phenoxy) is 2. The first-order valence-corrected chi connectivity index (χ1v) is 10.5. The van der Waals surface area contributed by atoms with Gasteiger partial charge in [0.2, 0.25) is 5.91 Å². The summed E-state index contributed by atoms with van der Waals surface area (Å²) in [5.74, 6) is -0.344. The van der Waals surface area contributed by atoms with Crippen molar-refractivity contribution in [1.29, 1.82) is 0 Å². The molecule has 0 saturated heterocycles. The van der Waals surface area contributed by atoms with E-state index >= 15 is 0 Å². The summed E-state index contributed by atoms with van der Waals surface area (Å²) in [5.41, 5.74) is 1.27. The van der Waals surface area contributed by atoms with E-state index < -0.39 is 24.6 Å². The van der Waals surface area contributed by atoms with E-state index in [0.29, 0.717) is 17.3 Å². The summed E-state index contributed by atoms with van der Waals surface area (Å²) >= 11 is 0. The number of rotatable bonds is 8. The van der Waals surface area contributed by atoms with E-state index in [2.05, 4.69) is 17.0 Å². The highest BCUT2D eigenvalue weighted by atomic mass is 16.7. The molecule has 1 aromatic heterocycles. The van der Waals surface area contributed by atoms with E-state index in [1.54, 1.807) is 23.7 Å². The number of nitrogens with one attached hydrogen (secondary N) is 1. The summed E-state index contributed by atoms with van der Waals surface area (Å²) in [6.45, 7) is 5.63. The van der Waals surface area contributed by atoms with Crippen LogP contribution in [0, 0.1) is 17.8 Å². The van der Waals surface area contributed by atoms with E-state index in [9.17, 15) is 19.2 Å². The predicted octanol–water partition coefficient (Wildman–Crippen LogP) is 3.03. The van der Waals surface area contributed by atoms with Gasteiger partial charge in [0.25, 0.3) is 0 Å². The van der Waals surface area contributed by atoms with E-state index in [0.717, 1.165) is 25.7 Å². The number of esters is 1. The van der Waals surface area contributed by atoms with Gasteiger partial charge in [-0.1, -0.05) is 33.6 Å². The summed E-state index contributed by atoms with van der Waals surface area (Å²) in [4.78, 5) is 47.9. The Balaban J connectivity index is 1.81. The van der Waals surface area contributed by atoms with Crippen LogP contribution in [-0.4, -0.2) is 41.5 Å². The standard InChI is InChI=1S/C22H32N2O6/c1-14(2)13-29-22(28)30-20(26)12-23-19(25)11-17-9-10-18(24(17)4)21(27)16-7-5-15(3)6-8-16/h9-10,14-16H,5-8,11-13H2,1-4H3,(H,23,25). The van der Waals surface area contributed by atoms with Gasteiger partial charge in [-0.2, -0.15) is 0 Å². The molecule has 8 nitrogen and oxygen atoms in total. The van der Waals surface area contributed by atoms with Crippen LogP contribution in [0.1, 0.15) is 62.6 Å². The largest absolute Gasteiger partial charge is 0.516 e. The molecule has 0 radical (unpaired) electrons. The molecule has 0 aliphatic heterocycles. The smallest absolute Gasteiger partial charge is 0.434 e. The maximum Gasteiger partial charge on any atom is 0.516 e. The Hall–Kier alpha value is -2.64. The molecule has 1 aromatic rings. The molecule has 1 aliphatic carbocycles. The van der Waals surface area contributed by atoms with Gasteiger partial charge in [0.15, 0.2) is 5.78 Å². The summed E-state index contributed by atoms with van der Waals surface area (Å²) in [6, 6.07) is 3.50. The van der Waals surface area contributed by atoms with E-state index in [1.807, 2.05) is 13.8 Å². The van der Waals surface area contributed by atoms with E-state index in [4.69, 9.17) is 4.74 Å². The quantitative estimate of drug-likeness (QED) is 0.394. The second-order valence-corrected chi connectivity index (χ2v) is 8.47. The Morgan fingerprint density at radius 3 is 2.43 bits per heavy atom. The Bertz CT molecular complexity index is 775. The van der Waals surface area contributed by atoms with Gasteiger partial charge in [-0.25, -0.2) is 9.59 Å². The molecule has 30 heavy (non-hydrogen) atoms. The van der Waals surface area contributed by atoms with Crippen LogP contribution in [0.15, 0.2) is 12.1 Å². The molecule has 0 aromatic carbocycles. The van der Waals surface area contributed by atoms with Gasteiger partial charge in [-0.15, -0.1) is 0 Å². The Morgan fingerprint density at radius 1 is 1.13 bits per heavy atom. The van der Waals surface area contributed by atoms with Gasteiger partial charge in [0, 0.05) is 18.7 Å². The zero-order chi connectivity index (χ0) is 22.3. The van der Waals surface area contributed by atoms with Crippen molar-refractivity contribution < 1.29 is 28.7 Å². The van der Waals surface area contributed by atoms with Crippen molar-refractivity contribution in [1.82, 2.24) is 9.88 Å². The molecule has 1 fully saturated rings. The third kappa shape index (κ3) is 7.00. The van der Waals surface area contributed by atoms with Crippen molar-refractivity contribution in [3.63, 3.8) is 0 Å². The predicted molar refractivity (Wildman–Crippen MR) is 110 cm³/mol. The second kappa shape index (κ2) is 10.9. The lowest BCUT2D eigenvalue weighted by molar-refractivity contribution is -0.140. The van der Waals surface area contributed by atoms with Crippen molar-refractivity contribution in [2.45, 2.75) is 52.9 Å². The number of hydrogen-bond acceptors (Lipinski definition) is 6. The summed E-state index contributed by atoms with van der Waals surface area (Å²) in [7, 11) is 1.76. The van der Waals surface area contributed by atoms with Crippen LogP contribution in [0.3, 0.4) is 0 Å². The van der Waals surface area contributed by atoms with Crippen LogP contribution in [0.2, 0.25) is 0 Å². The Labute approximate surface area is 177 Å². The van der Waals surface area contributed by atoms with Gasteiger partial charge in [0.05, 0.1) is 18.7 Å². The van der Waals surface area contributed by atoms with E-state index in [1.165, 1.54) is 0 Å². The molecule has 1 amide bonds. The second-order valence-electron chi connectivity index (χ2n) is 8.47. The van der Waals surface area contributed by atoms with Crippen LogP contribution in [0.25, 0.3) is 0 Å². The average Bonchev–Trinajstić information content (AvgIpc) is 3.05. The lowest BCUT2D eigenvalue weighted by Gasteiger charge is -2.25. The van der Waals surface area contributed by atoms with Gasteiger partial charge >= 0.3 is 12.1 Å². The van der Waals surface area contributed by atoms with Gasteiger partial charge in [-0.3, -0.25) is 9.59 Å². The van der Waals surface area contributed by atoms with E-state index in [-0.39, 0.29) is 30.6 Å². The maximum absolute atomic E-state index is 12.8. The van der Waals surface area contributed by atoms with Crippen LogP contribution in [-0.2, 0) is 32.5 Å². The minimum atomic E-state index is -1.08. The van der Waals surface area contributed by atoms with Crippen LogP contribution in [0.5, 0.6) is 0 Å². The lowest BCUT2D eigenvalue weighted by atomic mass is 9.80. The highest BCUT2D eigenvalue weighted by Crippen LogP contribution is 2.30. The first-order valence-electron chi connectivity index (χ1n) is 10.5. The molecular formula is C22H32N2O6. The fraction of sp³-hybridized carbons (Fsp3) is 0.636. The van der Waals surface area contributed by atoms with Crippen molar-refractivity contribution in [2.75, 3.05) is 13.2 Å². The Kier molecular flexibility index (Phi) is 8.62. The van der Waals surface area contributed by atoms with Gasteiger partial charge in [0.1, 0.15) is 6.54 Å². The van der Waals surface area contributed by atoms with Crippen LogP contribution < -0.4 is 5.32 Å². The van der Waals surface area contributed by atoms with Crippen LogP contribution >= 0.6 is 0 Å². The highest BCUT2D eigenvalue weighted by molar-refractivity contribution is 5.97. The first-order chi connectivity index (χ1) is 14.2. The van der Waals surface area contributed by atoms with Crippen molar-refractivity contribution in [2.24, 2.45) is 24.8 Å². The number of Topliss-reactive ketones (excluding diaryl/α,β-unsaturated/α-hetero) is 1. The highest BCUT2D eigenvalue weighted by Gasteiger charge is 2.27. The van der Waals surface area contributed by atoms with Crippen molar-refractivity contribution >= 4 is 23.8 Å². The molecular weight excluding hydrogens is 388 g/mol. The molecule has 2 rings (SSSR count). The topological polar surface area (TPSA) is 104 Å². The third-order valence-corrected chi connectivity index (χ3v) is 5.37. The van der Waals surface area contributed by atoms with Crippen LogP contribution in [0.4, 0.5) is 4.79 Å². The molecule has 166 valence electrons. The minimum Gasteiger partial charge on any atom is -0.434 e. The third-order valence-electron chi connectivity index (χ3n) is 5.37. The first kappa shape index (κ1) is 23.6. The fourth-order valence-corrected chi connectivity index (χ4v) is 3.50. The molecule has 1 N–H and O–H groups in total.